The van der Waals surface area contributed by atoms with Crippen molar-refractivity contribution in [1.29, 1.82) is 0 Å². The van der Waals surface area contributed by atoms with Crippen LogP contribution < -0.4 is 15.4 Å². The molecule has 0 saturated carbocycles. The van der Waals surface area contributed by atoms with Gasteiger partial charge in [-0.3, -0.25) is 4.79 Å². The van der Waals surface area contributed by atoms with Crippen molar-refractivity contribution in [2.45, 2.75) is 82.2 Å². The molecule has 0 bridgehead atoms. The van der Waals surface area contributed by atoms with Crippen LogP contribution in [0.25, 0.3) is 0 Å². The van der Waals surface area contributed by atoms with Crippen LogP contribution in [0.1, 0.15) is 63.1 Å². The number of likely N-dealkylation sites (tertiary alicyclic amines) is 1. The lowest BCUT2D eigenvalue weighted by Crippen LogP contribution is -2.43. The van der Waals surface area contributed by atoms with E-state index in [1.54, 1.807) is 52.1 Å². The lowest BCUT2D eigenvalue weighted by molar-refractivity contribution is -0.142. The highest BCUT2D eigenvalue weighted by Gasteiger charge is 2.33. The Morgan fingerprint density at radius 3 is 2.52 bits per heavy atom. The molecule has 1 saturated heterocycles. The largest absolute Gasteiger partial charge is 0.488 e. The average molecular weight is 642 g/mol. The van der Waals surface area contributed by atoms with Gasteiger partial charge in [0.15, 0.2) is 15.7 Å². The molecule has 3 heterocycles. The van der Waals surface area contributed by atoms with E-state index in [2.05, 4.69) is 40.5 Å². The number of rotatable bonds is 9. The quantitative estimate of drug-likeness (QED) is 0.282. The van der Waals surface area contributed by atoms with E-state index in [0.717, 1.165) is 36.3 Å². The van der Waals surface area contributed by atoms with Crippen LogP contribution in [0.15, 0.2) is 41.4 Å². The van der Waals surface area contributed by atoms with Crippen molar-refractivity contribution >= 4 is 50.5 Å². The monoisotopic (exact) mass is 641 g/mol. The predicted molar refractivity (Wildman–Crippen MR) is 172 cm³/mol. The SMILES string of the molecule is CO[C@H](C)C(=O)N1CCC(c2c(C)cc(Nc3ncc(Cl)c(Nc4ccccc4S(=O)(=O)C(C)C)n3)c3c2C[C@@H](C)O3)CC1. The third kappa shape index (κ3) is 6.36. The number of methoxy groups -OCH3 is 1. The topological polar surface area (TPSA) is 123 Å². The molecule has 2 aromatic carbocycles. The summed E-state index contributed by atoms with van der Waals surface area (Å²) in [5.74, 6) is 1.70. The Labute approximate surface area is 264 Å². The van der Waals surface area contributed by atoms with Gasteiger partial charge in [-0.2, -0.15) is 4.98 Å². The van der Waals surface area contributed by atoms with Crippen LogP contribution >= 0.6 is 11.6 Å². The fourth-order valence-electron chi connectivity index (χ4n) is 5.99. The van der Waals surface area contributed by atoms with Gasteiger partial charge in [-0.15, -0.1) is 0 Å². The standard InChI is InChI=1S/C32H40ClN5O5S/c1-18(2)44(40,41)27-10-8-7-9-25(27)35-30-24(33)17-34-32(37-30)36-26-15-19(3)28(23-16-20(4)43-29(23)26)22-11-13-38(14-12-22)31(39)21(5)42-6/h7-10,15,17-18,20-22H,11-14,16H2,1-6H3,(H2,34,35,36,37)/t20-,21-/m1/s1. The average Bonchev–Trinajstić information content (AvgIpc) is 3.39. The molecule has 5 rings (SSSR count). The fourth-order valence-corrected chi connectivity index (χ4v) is 7.33. The minimum Gasteiger partial charge on any atom is -0.488 e. The van der Waals surface area contributed by atoms with Gasteiger partial charge in [-0.05, 0) is 82.7 Å². The van der Waals surface area contributed by atoms with Crippen LogP contribution in [-0.4, -0.2) is 66.9 Å². The maximum atomic E-state index is 13.0. The highest BCUT2D eigenvalue weighted by atomic mass is 35.5. The van der Waals surface area contributed by atoms with Gasteiger partial charge < -0.3 is 25.0 Å². The van der Waals surface area contributed by atoms with Gasteiger partial charge in [0.25, 0.3) is 5.91 Å². The number of para-hydroxylation sites is 1. The van der Waals surface area contributed by atoms with Gasteiger partial charge in [-0.1, -0.05) is 23.7 Å². The van der Waals surface area contributed by atoms with Gasteiger partial charge in [-0.25, -0.2) is 13.4 Å². The second kappa shape index (κ2) is 12.9. The second-order valence-electron chi connectivity index (χ2n) is 11.8. The second-order valence-corrected chi connectivity index (χ2v) is 14.7. The van der Waals surface area contributed by atoms with E-state index in [9.17, 15) is 13.2 Å². The maximum Gasteiger partial charge on any atom is 0.251 e. The molecule has 2 N–H and O–H groups in total. The summed E-state index contributed by atoms with van der Waals surface area (Å²) in [5.41, 5.74) is 4.75. The summed E-state index contributed by atoms with van der Waals surface area (Å²) in [6.45, 7) is 10.6. The van der Waals surface area contributed by atoms with E-state index >= 15 is 0 Å². The van der Waals surface area contributed by atoms with Crippen LogP contribution in [0.4, 0.5) is 23.1 Å². The Morgan fingerprint density at radius 1 is 1.14 bits per heavy atom. The van der Waals surface area contributed by atoms with Gasteiger partial charge in [0.2, 0.25) is 5.95 Å². The minimum atomic E-state index is -3.55. The summed E-state index contributed by atoms with van der Waals surface area (Å²) in [5, 5.41) is 6.09. The van der Waals surface area contributed by atoms with Gasteiger partial charge >= 0.3 is 0 Å². The molecule has 10 nitrogen and oxygen atoms in total. The molecular weight excluding hydrogens is 602 g/mol. The highest BCUT2D eigenvalue weighted by Crippen LogP contribution is 2.46. The molecule has 1 amide bonds. The van der Waals surface area contributed by atoms with Crippen molar-refractivity contribution in [1.82, 2.24) is 14.9 Å². The lowest BCUT2D eigenvalue weighted by Gasteiger charge is -2.35. The minimum absolute atomic E-state index is 0.0121. The number of amides is 1. The Bertz CT molecular complexity index is 1660. The highest BCUT2D eigenvalue weighted by molar-refractivity contribution is 7.92. The molecule has 0 spiro atoms. The summed E-state index contributed by atoms with van der Waals surface area (Å²) in [6, 6.07) is 8.76. The summed E-state index contributed by atoms with van der Waals surface area (Å²) < 4.78 is 37.5. The number of aromatic nitrogens is 2. The van der Waals surface area contributed by atoms with Crippen molar-refractivity contribution in [3.8, 4) is 5.75 Å². The first kappa shape index (κ1) is 32.0. The van der Waals surface area contributed by atoms with Gasteiger partial charge in [0, 0.05) is 32.2 Å². The number of carbonyl (C=O) groups excluding carboxylic acids is 1. The molecule has 2 aliphatic heterocycles. The lowest BCUT2D eigenvalue weighted by atomic mass is 9.82. The van der Waals surface area contributed by atoms with E-state index in [1.807, 2.05) is 4.90 Å². The van der Waals surface area contributed by atoms with Crippen molar-refractivity contribution in [3.05, 3.63) is 58.2 Å². The van der Waals surface area contributed by atoms with E-state index < -0.39 is 21.2 Å². The molecule has 12 heteroatoms. The smallest absolute Gasteiger partial charge is 0.251 e. The third-order valence-electron chi connectivity index (χ3n) is 8.41. The number of carbonyl (C=O) groups is 1. The van der Waals surface area contributed by atoms with Crippen LogP contribution in [-0.2, 0) is 25.8 Å². The summed E-state index contributed by atoms with van der Waals surface area (Å²) in [6.07, 6.45) is 3.59. The van der Waals surface area contributed by atoms with E-state index in [1.165, 1.54) is 17.3 Å². The molecule has 0 aliphatic carbocycles. The Kier molecular flexibility index (Phi) is 9.38. The molecule has 0 radical (unpaired) electrons. The zero-order valence-corrected chi connectivity index (χ0v) is 27.6. The maximum absolute atomic E-state index is 13.0. The Balaban J connectivity index is 1.41. The Hall–Kier alpha value is -3.41. The normalized spacial score (nSPS) is 17.7. The molecule has 3 aromatic rings. The van der Waals surface area contributed by atoms with Gasteiger partial charge in [0.05, 0.1) is 27.7 Å². The van der Waals surface area contributed by atoms with Crippen LogP contribution in [0.5, 0.6) is 5.75 Å². The van der Waals surface area contributed by atoms with Crippen LogP contribution in [0.3, 0.4) is 0 Å². The molecule has 2 aliphatic rings. The van der Waals surface area contributed by atoms with Crippen LogP contribution in [0, 0.1) is 6.92 Å². The van der Waals surface area contributed by atoms with E-state index in [4.69, 9.17) is 21.1 Å². The van der Waals surface area contributed by atoms with Crippen LogP contribution in [0.2, 0.25) is 5.02 Å². The molecule has 1 aromatic heterocycles. The molecule has 1 fully saturated rings. The number of nitrogens with one attached hydrogen (secondary N) is 2. The number of piperidine rings is 1. The number of sulfone groups is 1. The van der Waals surface area contributed by atoms with Crippen molar-refractivity contribution in [2.75, 3.05) is 30.8 Å². The first-order chi connectivity index (χ1) is 20.9. The number of ether oxygens (including phenoxy) is 2. The summed E-state index contributed by atoms with van der Waals surface area (Å²) >= 11 is 6.46. The zero-order valence-electron chi connectivity index (χ0n) is 26.0. The number of benzene rings is 2. The van der Waals surface area contributed by atoms with E-state index in [0.29, 0.717) is 24.7 Å². The Morgan fingerprint density at radius 2 is 1.84 bits per heavy atom. The molecule has 2 atom stereocenters. The predicted octanol–water partition coefficient (Wildman–Crippen LogP) is 6.17. The molecule has 0 unspecified atom stereocenters. The molecule has 236 valence electrons. The zero-order chi connectivity index (χ0) is 31.8. The third-order valence-corrected chi connectivity index (χ3v) is 10.9. The number of aryl methyl sites for hydroxylation is 1. The van der Waals surface area contributed by atoms with Gasteiger partial charge in [0.1, 0.15) is 23.0 Å². The van der Waals surface area contributed by atoms with Crippen molar-refractivity contribution in [2.24, 2.45) is 0 Å². The number of hydrogen-bond acceptors (Lipinski definition) is 9. The summed E-state index contributed by atoms with van der Waals surface area (Å²) in [4.78, 5) is 23.7. The van der Waals surface area contributed by atoms with E-state index in [-0.39, 0.29) is 33.7 Å². The number of fused-ring (bicyclic) bond motifs is 1. The summed E-state index contributed by atoms with van der Waals surface area (Å²) in [7, 11) is -1.99. The number of hydrogen-bond donors (Lipinski definition) is 2. The molecule has 44 heavy (non-hydrogen) atoms. The first-order valence-electron chi connectivity index (χ1n) is 14.9. The van der Waals surface area contributed by atoms with Crippen molar-refractivity contribution < 1.29 is 22.7 Å². The van der Waals surface area contributed by atoms with Crippen molar-refractivity contribution in [3.63, 3.8) is 0 Å². The number of nitrogens with zero attached hydrogens (tertiary/aromatic N) is 3. The fraction of sp³-hybridized carbons (Fsp3) is 0.469. The number of anilines is 4. The molecular formula is C32H40ClN5O5S. The first-order valence-corrected chi connectivity index (χ1v) is 16.9. The number of halogens is 1.